The van der Waals surface area contributed by atoms with E-state index in [0.717, 1.165) is 31.4 Å². The standard InChI is InChI=1S/C24H24ClN5O5/c1-2-3-10-34-24(32)21-22(31)18-13-15(4-6-17(18)23(25)26-21)35-16-5-7-19-20(14-16)28-30(27-19)29-8-11-33-12-9-29/h4-7,13-14,31H,2-3,8-12H2,1H3. The molecule has 182 valence electrons. The molecule has 1 fully saturated rings. The molecule has 1 aliphatic rings. The number of pyridine rings is 1. The lowest BCUT2D eigenvalue weighted by molar-refractivity contribution is 0.0489. The van der Waals surface area contributed by atoms with Crippen LogP contribution in [0.1, 0.15) is 30.3 Å². The minimum Gasteiger partial charge on any atom is -0.505 e. The molecule has 0 radical (unpaired) electrons. The summed E-state index contributed by atoms with van der Waals surface area (Å²) in [5.74, 6) is -0.0369. The van der Waals surface area contributed by atoms with E-state index in [1.54, 1.807) is 35.2 Å². The Morgan fingerprint density at radius 1 is 1.09 bits per heavy atom. The number of aromatic hydroxyl groups is 1. The summed E-state index contributed by atoms with van der Waals surface area (Å²) >= 11 is 6.28. The Balaban J connectivity index is 1.41. The van der Waals surface area contributed by atoms with Crippen LogP contribution in [0.25, 0.3) is 21.8 Å². The molecule has 0 bridgehead atoms. The van der Waals surface area contributed by atoms with Crippen LogP contribution in [0.5, 0.6) is 17.2 Å². The van der Waals surface area contributed by atoms with Gasteiger partial charge in [-0.05, 0) is 36.8 Å². The number of nitrogens with zero attached hydrogens (tertiary/aromatic N) is 5. The molecule has 3 heterocycles. The number of rotatable bonds is 7. The lowest BCUT2D eigenvalue weighted by atomic mass is 10.1. The minimum absolute atomic E-state index is 0.0907. The lowest BCUT2D eigenvalue weighted by Gasteiger charge is -2.26. The second-order valence-corrected chi connectivity index (χ2v) is 8.44. The van der Waals surface area contributed by atoms with E-state index in [2.05, 4.69) is 15.2 Å². The molecule has 1 N–H and O–H groups in total. The molecule has 0 amide bonds. The third kappa shape index (κ3) is 4.80. The third-order valence-corrected chi connectivity index (χ3v) is 5.93. The van der Waals surface area contributed by atoms with Crippen molar-refractivity contribution in [2.24, 2.45) is 0 Å². The van der Waals surface area contributed by atoms with Crippen LogP contribution in [0.2, 0.25) is 5.15 Å². The van der Waals surface area contributed by atoms with Crippen molar-refractivity contribution < 1.29 is 24.1 Å². The summed E-state index contributed by atoms with van der Waals surface area (Å²) in [6.07, 6.45) is 1.59. The molecule has 0 aliphatic carbocycles. The summed E-state index contributed by atoms with van der Waals surface area (Å²) in [6, 6.07) is 10.4. The average Bonchev–Trinajstić information content (AvgIpc) is 3.30. The highest BCUT2D eigenvalue weighted by atomic mass is 35.5. The molecule has 0 spiro atoms. The van der Waals surface area contributed by atoms with E-state index in [0.29, 0.717) is 41.0 Å². The van der Waals surface area contributed by atoms with Crippen molar-refractivity contribution in [1.82, 2.24) is 20.1 Å². The monoisotopic (exact) mass is 497 g/mol. The first-order valence-corrected chi connectivity index (χ1v) is 11.8. The number of esters is 1. The highest BCUT2D eigenvalue weighted by molar-refractivity contribution is 6.34. The van der Waals surface area contributed by atoms with Crippen LogP contribution in [-0.4, -0.2) is 64.1 Å². The zero-order valence-corrected chi connectivity index (χ0v) is 19.9. The molecule has 10 nitrogen and oxygen atoms in total. The number of benzene rings is 2. The van der Waals surface area contributed by atoms with Gasteiger partial charge in [-0.15, -0.1) is 10.2 Å². The molecule has 1 aliphatic heterocycles. The highest BCUT2D eigenvalue weighted by Gasteiger charge is 2.21. The number of fused-ring (bicyclic) bond motifs is 2. The highest BCUT2D eigenvalue weighted by Crippen LogP contribution is 2.36. The zero-order chi connectivity index (χ0) is 24.4. The van der Waals surface area contributed by atoms with Gasteiger partial charge < -0.3 is 19.3 Å². The van der Waals surface area contributed by atoms with Crippen LogP contribution in [0, 0.1) is 0 Å². The summed E-state index contributed by atoms with van der Waals surface area (Å²) in [5, 5.41) is 22.8. The molecule has 1 saturated heterocycles. The van der Waals surface area contributed by atoms with Crippen LogP contribution in [-0.2, 0) is 9.47 Å². The molecule has 35 heavy (non-hydrogen) atoms. The van der Waals surface area contributed by atoms with E-state index in [4.69, 9.17) is 25.8 Å². The molecule has 0 unspecified atom stereocenters. The number of aromatic nitrogens is 4. The summed E-state index contributed by atoms with van der Waals surface area (Å²) in [4.78, 5) is 18.0. The molecule has 11 heteroatoms. The maximum Gasteiger partial charge on any atom is 0.360 e. The smallest absolute Gasteiger partial charge is 0.360 e. The number of carbonyl (C=O) groups excluding carboxylic acids is 1. The van der Waals surface area contributed by atoms with Crippen LogP contribution in [0.3, 0.4) is 0 Å². The normalized spacial score (nSPS) is 13.9. The number of morpholine rings is 1. The Kier molecular flexibility index (Phi) is 6.56. The Labute approximate surface area is 205 Å². The first-order chi connectivity index (χ1) is 17.0. The molecular formula is C24H24ClN5O5. The third-order valence-electron chi connectivity index (χ3n) is 5.64. The lowest BCUT2D eigenvalue weighted by Crippen LogP contribution is -2.45. The Morgan fingerprint density at radius 2 is 1.83 bits per heavy atom. The minimum atomic E-state index is -0.722. The van der Waals surface area contributed by atoms with Gasteiger partial charge in [0.15, 0.2) is 11.4 Å². The molecule has 4 aromatic rings. The number of hydrogen-bond donors (Lipinski definition) is 1. The largest absolute Gasteiger partial charge is 0.505 e. The summed E-state index contributed by atoms with van der Waals surface area (Å²) in [6.45, 7) is 4.94. The first kappa shape index (κ1) is 23.1. The van der Waals surface area contributed by atoms with Gasteiger partial charge in [-0.25, -0.2) is 9.78 Å². The van der Waals surface area contributed by atoms with Crippen molar-refractivity contribution in [3.63, 3.8) is 0 Å². The van der Waals surface area contributed by atoms with Crippen molar-refractivity contribution in [2.75, 3.05) is 37.9 Å². The second kappa shape index (κ2) is 9.93. The van der Waals surface area contributed by atoms with E-state index in [-0.39, 0.29) is 23.2 Å². The van der Waals surface area contributed by atoms with Crippen molar-refractivity contribution in [3.05, 3.63) is 47.2 Å². The molecular weight excluding hydrogens is 474 g/mol. The Bertz CT molecular complexity index is 1390. The van der Waals surface area contributed by atoms with E-state index in [1.807, 2.05) is 18.0 Å². The quantitative estimate of drug-likeness (QED) is 0.229. The first-order valence-electron chi connectivity index (χ1n) is 11.4. The molecule has 5 rings (SSSR count). The average molecular weight is 498 g/mol. The summed E-state index contributed by atoms with van der Waals surface area (Å²) < 4.78 is 16.6. The van der Waals surface area contributed by atoms with Gasteiger partial charge in [0, 0.05) is 16.8 Å². The van der Waals surface area contributed by atoms with Crippen molar-refractivity contribution in [1.29, 1.82) is 0 Å². The van der Waals surface area contributed by atoms with Gasteiger partial charge in [0.2, 0.25) is 0 Å². The van der Waals surface area contributed by atoms with Gasteiger partial charge in [-0.2, -0.15) is 0 Å². The van der Waals surface area contributed by atoms with Gasteiger partial charge in [-0.3, -0.25) is 5.01 Å². The fraction of sp³-hybridized carbons (Fsp3) is 0.333. The number of carbonyl (C=O) groups is 1. The van der Waals surface area contributed by atoms with Crippen LogP contribution in [0.15, 0.2) is 36.4 Å². The Hall–Kier alpha value is -3.63. The van der Waals surface area contributed by atoms with Gasteiger partial charge in [0.05, 0.1) is 32.9 Å². The Morgan fingerprint density at radius 3 is 2.63 bits per heavy atom. The van der Waals surface area contributed by atoms with Crippen molar-refractivity contribution in [3.8, 4) is 17.2 Å². The van der Waals surface area contributed by atoms with Gasteiger partial charge >= 0.3 is 5.97 Å². The predicted molar refractivity (Wildman–Crippen MR) is 130 cm³/mol. The molecule has 2 aromatic heterocycles. The second-order valence-electron chi connectivity index (χ2n) is 8.08. The predicted octanol–water partition coefficient (Wildman–Crippen LogP) is 4.06. The van der Waals surface area contributed by atoms with E-state index < -0.39 is 5.97 Å². The summed E-state index contributed by atoms with van der Waals surface area (Å²) in [7, 11) is 0. The van der Waals surface area contributed by atoms with Crippen molar-refractivity contribution in [2.45, 2.75) is 19.8 Å². The number of halogens is 1. The number of unbranched alkanes of at least 4 members (excludes halogenated alkanes) is 1. The zero-order valence-electron chi connectivity index (χ0n) is 19.1. The molecule has 2 aromatic carbocycles. The van der Waals surface area contributed by atoms with Crippen LogP contribution < -0.4 is 9.75 Å². The topological polar surface area (TPSA) is 112 Å². The number of hydrogen-bond acceptors (Lipinski definition) is 9. The fourth-order valence-electron chi connectivity index (χ4n) is 3.76. The molecule has 0 atom stereocenters. The van der Waals surface area contributed by atoms with Gasteiger partial charge in [0.25, 0.3) is 0 Å². The van der Waals surface area contributed by atoms with Crippen LogP contribution >= 0.6 is 11.6 Å². The van der Waals surface area contributed by atoms with E-state index in [9.17, 15) is 9.90 Å². The maximum atomic E-state index is 12.4. The fourth-order valence-corrected chi connectivity index (χ4v) is 4.01. The SMILES string of the molecule is CCCCOC(=O)c1nc(Cl)c2ccc(Oc3ccc4nn(N5CCOCC5)nc4c3)cc2c1O. The van der Waals surface area contributed by atoms with Crippen molar-refractivity contribution >= 4 is 39.4 Å². The number of ether oxygens (including phenoxy) is 3. The maximum absolute atomic E-state index is 12.4. The van der Waals surface area contributed by atoms with Gasteiger partial charge in [0.1, 0.15) is 27.7 Å². The molecule has 0 saturated carbocycles. The van der Waals surface area contributed by atoms with Gasteiger partial charge in [-0.1, -0.05) is 29.9 Å². The van der Waals surface area contributed by atoms with E-state index in [1.165, 1.54) is 0 Å². The van der Waals surface area contributed by atoms with E-state index >= 15 is 0 Å². The van der Waals surface area contributed by atoms with Crippen LogP contribution in [0.4, 0.5) is 0 Å². The summed E-state index contributed by atoms with van der Waals surface area (Å²) in [5.41, 5.74) is 1.20.